The van der Waals surface area contributed by atoms with Crippen LogP contribution >= 0.6 is 0 Å². The molecule has 5 nitrogen and oxygen atoms in total. The Morgan fingerprint density at radius 1 is 1.25 bits per heavy atom. The third kappa shape index (κ3) is 3.19. The molecule has 0 saturated carbocycles. The minimum absolute atomic E-state index is 0.115. The second-order valence-electron chi connectivity index (χ2n) is 8.62. The Morgan fingerprint density at radius 3 is 2.71 bits per heavy atom. The number of anilines is 1. The highest BCUT2D eigenvalue weighted by molar-refractivity contribution is 6.00. The molecule has 1 atom stereocenters. The summed E-state index contributed by atoms with van der Waals surface area (Å²) in [5.74, 6) is 1.83. The monoisotopic (exact) mass is 378 g/mol. The van der Waals surface area contributed by atoms with E-state index in [9.17, 15) is 4.79 Å². The summed E-state index contributed by atoms with van der Waals surface area (Å²) in [6.45, 7) is 7.17. The number of nitrogens with two attached hydrogens (primary N) is 1. The highest BCUT2D eigenvalue weighted by Gasteiger charge is 2.45. The number of ether oxygens (including phenoxy) is 1. The van der Waals surface area contributed by atoms with Gasteiger partial charge in [0, 0.05) is 18.4 Å². The molecule has 1 aromatic heterocycles. The fraction of sp³-hybridized carbons (Fsp3) is 0.435. The van der Waals surface area contributed by atoms with Gasteiger partial charge >= 0.3 is 5.88 Å². The quantitative estimate of drug-likeness (QED) is 0.819. The van der Waals surface area contributed by atoms with Crippen molar-refractivity contribution in [2.75, 3.05) is 5.73 Å². The van der Waals surface area contributed by atoms with Crippen LogP contribution in [0.1, 0.15) is 63.5 Å². The second kappa shape index (κ2) is 7.04. The van der Waals surface area contributed by atoms with Gasteiger partial charge in [0.25, 0.3) is 0 Å². The van der Waals surface area contributed by atoms with Crippen molar-refractivity contribution in [1.29, 1.82) is 0 Å². The lowest BCUT2D eigenvalue weighted by atomic mass is 9.70. The molecule has 5 heteroatoms. The van der Waals surface area contributed by atoms with Crippen molar-refractivity contribution >= 4 is 11.6 Å². The van der Waals surface area contributed by atoms with Gasteiger partial charge in [0.1, 0.15) is 11.3 Å². The molecule has 0 saturated heterocycles. The number of unbranched alkanes of at least 4 members (excludes halogenated alkanes) is 1. The third-order valence-electron chi connectivity index (χ3n) is 5.69. The molecular formula is C23H28N3O2+. The maximum absolute atomic E-state index is 13.2. The van der Waals surface area contributed by atoms with Crippen LogP contribution in [-0.4, -0.2) is 10.8 Å². The standard InChI is InChI=1S/C23H27N3O2/c1-4-5-11-26-14-25-22-20(21(26)24)18(15-9-7-6-8-10-15)19-16(27)12-23(2,3)13-17(19)28-22/h6-10,14,18,24H,4-5,11-13H2,1-3H3/p+1/t18-/m0/s1. The number of rotatable bonds is 4. The molecule has 2 heterocycles. The molecule has 1 aromatic carbocycles. The van der Waals surface area contributed by atoms with E-state index in [1.807, 2.05) is 22.8 Å². The molecule has 1 aliphatic carbocycles. The van der Waals surface area contributed by atoms with Crippen LogP contribution in [0, 0.1) is 5.41 Å². The van der Waals surface area contributed by atoms with Crippen molar-refractivity contribution in [1.82, 2.24) is 4.98 Å². The Kier molecular flexibility index (Phi) is 4.69. The molecule has 146 valence electrons. The fourth-order valence-electron chi connectivity index (χ4n) is 4.31. The molecule has 0 radical (unpaired) electrons. The van der Waals surface area contributed by atoms with E-state index in [1.54, 1.807) is 6.33 Å². The molecule has 0 amide bonds. The van der Waals surface area contributed by atoms with Gasteiger partial charge in [-0.25, -0.2) is 4.57 Å². The molecule has 0 fully saturated rings. The minimum atomic E-state index is -0.231. The van der Waals surface area contributed by atoms with Crippen LogP contribution in [0.4, 0.5) is 5.82 Å². The van der Waals surface area contributed by atoms with Crippen molar-refractivity contribution in [3.8, 4) is 5.88 Å². The number of carbonyl (C=O) groups is 1. The number of nitrogen functional groups attached to an aromatic ring is 1. The SMILES string of the molecule is CCCC[n+]1cnc2c(c1N)[C@@H](c1ccccc1)C1=C(CC(C)(C)CC1=O)O2. The van der Waals surface area contributed by atoms with Crippen molar-refractivity contribution < 1.29 is 14.1 Å². The number of aryl methyl sites for hydroxylation is 1. The first-order chi connectivity index (χ1) is 13.4. The first-order valence-electron chi connectivity index (χ1n) is 10.1. The van der Waals surface area contributed by atoms with E-state index in [1.165, 1.54) is 0 Å². The average Bonchev–Trinajstić information content (AvgIpc) is 2.66. The van der Waals surface area contributed by atoms with Gasteiger partial charge in [-0.3, -0.25) is 4.79 Å². The van der Waals surface area contributed by atoms with Crippen LogP contribution in [0.2, 0.25) is 0 Å². The predicted octanol–water partition coefficient (Wildman–Crippen LogP) is 3.92. The molecule has 0 spiro atoms. The van der Waals surface area contributed by atoms with Gasteiger partial charge in [-0.05, 0) is 17.4 Å². The number of aromatic nitrogens is 2. The van der Waals surface area contributed by atoms with Crippen LogP contribution in [0.15, 0.2) is 48.0 Å². The zero-order valence-electron chi connectivity index (χ0n) is 16.9. The van der Waals surface area contributed by atoms with Crippen molar-refractivity contribution in [2.45, 2.75) is 58.9 Å². The molecule has 2 N–H and O–H groups in total. The van der Waals surface area contributed by atoms with Crippen molar-refractivity contribution in [2.24, 2.45) is 5.41 Å². The van der Waals surface area contributed by atoms with Gasteiger partial charge in [0.05, 0.1) is 12.5 Å². The van der Waals surface area contributed by atoms with E-state index in [0.717, 1.165) is 48.3 Å². The number of carbonyl (C=O) groups excluding carboxylic acids is 1. The van der Waals surface area contributed by atoms with Crippen molar-refractivity contribution in [3.05, 3.63) is 59.1 Å². The highest BCUT2D eigenvalue weighted by Crippen LogP contribution is 2.50. The number of hydrogen-bond acceptors (Lipinski definition) is 4. The third-order valence-corrected chi connectivity index (χ3v) is 5.69. The van der Waals surface area contributed by atoms with Gasteiger partial charge in [-0.1, -0.05) is 62.5 Å². The summed E-state index contributed by atoms with van der Waals surface area (Å²) in [4.78, 5) is 17.8. The lowest BCUT2D eigenvalue weighted by molar-refractivity contribution is -0.686. The lowest BCUT2D eigenvalue weighted by Crippen LogP contribution is -2.41. The predicted molar refractivity (Wildman–Crippen MR) is 108 cm³/mol. The number of nitrogens with zero attached hydrogens (tertiary/aromatic N) is 2. The average molecular weight is 378 g/mol. The summed E-state index contributed by atoms with van der Waals surface area (Å²) in [7, 11) is 0. The highest BCUT2D eigenvalue weighted by atomic mass is 16.5. The Balaban J connectivity index is 1.91. The van der Waals surface area contributed by atoms with E-state index in [0.29, 0.717) is 18.1 Å². The van der Waals surface area contributed by atoms with E-state index in [4.69, 9.17) is 10.5 Å². The Bertz CT molecular complexity index is 948. The van der Waals surface area contributed by atoms with Crippen LogP contribution in [0.3, 0.4) is 0 Å². The molecule has 0 unspecified atom stereocenters. The summed E-state index contributed by atoms with van der Waals surface area (Å²) in [6.07, 6.45) is 5.10. The van der Waals surface area contributed by atoms with E-state index < -0.39 is 0 Å². The van der Waals surface area contributed by atoms with Crippen LogP contribution in [0.5, 0.6) is 5.88 Å². The zero-order chi connectivity index (χ0) is 19.9. The molecule has 28 heavy (non-hydrogen) atoms. The summed E-state index contributed by atoms with van der Waals surface area (Å²) in [6, 6.07) is 10.1. The summed E-state index contributed by atoms with van der Waals surface area (Å²) in [5, 5.41) is 0. The van der Waals surface area contributed by atoms with Gasteiger partial charge < -0.3 is 10.5 Å². The van der Waals surface area contributed by atoms with Crippen molar-refractivity contribution in [3.63, 3.8) is 0 Å². The summed E-state index contributed by atoms with van der Waals surface area (Å²) >= 11 is 0. The Morgan fingerprint density at radius 2 is 2.00 bits per heavy atom. The van der Waals surface area contributed by atoms with Gasteiger partial charge in [-0.15, -0.1) is 0 Å². The maximum atomic E-state index is 13.2. The molecule has 4 rings (SSSR count). The minimum Gasteiger partial charge on any atom is -0.430 e. The fourth-order valence-corrected chi connectivity index (χ4v) is 4.31. The van der Waals surface area contributed by atoms with Crippen LogP contribution in [-0.2, 0) is 11.3 Å². The number of allylic oxidation sites excluding steroid dienone is 2. The normalized spacial score (nSPS) is 20.4. The molecule has 1 aliphatic heterocycles. The maximum Gasteiger partial charge on any atom is 0.305 e. The topological polar surface area (TPSA) is 69.1 Å². The number of Topliss-reactive ketones (excluding diaryl/α,β-unsaturated/α-hetero) is 1. The molecular weight excluding hydrogens is 350 g/mol. The van der Waals surface area contributed by atoms with Crippen LogP contribution in [0.25, 0.3) is 0 Å². The van der Waals surface area contributed by atoms with E-state index >= 15 is 0 Å². The first-order valence-corrected chi connectivity index (χ1v) is 10.1. The van der Waals surface area contributed by atoms with E-state index in [-0.39, 0.29) is 17.1 Å². The second-order valence-corrected chi connectivity index (χ2v) is 8.62. The van der Waals surface area contributed by atoms with Crippen LogP contribution < -0.4 is 15.0 Å². The van der Waals surface area contributed by atoms with Gasteiger partial charge in [-0.2, -0.15) is 0 Å². The Labute approximate surface area is 166 Å². The first kappa shape index (κ1) is 18.7. The number of benzene rings is 1. The van der Waals surface area contributed by atoms with E-state index in [2.05, 4.69) is 37.9 Å². The van der Waals surface area contributed by atoms with Gasteiger partial charge in [0.2, 0.25) is 12.1 Å². The number of fused-ring (bicyclic) bond motifs is 1. The molecule has 2 aliphatic rings. The Hall–Kier alpha value is -2.69. The zero-order valence-corrected chi connectivity index (χ0v) is 16.9. The smallest absolute Gasteiger partial charge is 0.305 e. The number of ketones is 1. The largest absolute Gasteiger partial charge is 0.430 e. The lowest BCUT2D eigenvalue weighted by Gasteiger charge is -2.37. The summed E-state index contributed by atoms with van der Waals surface area (Å²) in [5.41, 5.74) is 9.10. The molecule has 2 aromatic rings. The number of hydrogen-bond donors (Lipinski definition) is 1. The summed E-state index contributed by atoms with van der Waals surface area (Å²) < 4.78 is 8.16. The molecule has 0 bridgehead atoms. The van der Waals surface area contributed by atoms with Gasteiger partial charge in [0.15, 0.2) is 5.78 Å².